The van der Waals surface area contributed by atoms with E-state index >= 15 is 0 Å². The number of hydrogen-bond donors (Lipinski definition) is 1. The number of carbonyl (C=O) groups excluding carboxylic acids is 1. The first kappa shape index (κ1) is 24.2. The van der Waals surface area contributed by atoms with Crippen molar-refractivity contribution in [2.24, 2.45) is 0 Å². The van der Waals surface area contributed by atoms with Crippen LogP contribution < -0.4 is 5.32 Å². The monoisotopic (exact) mass is 450 g/mol. The lowest BCUT2D eigenvalue weighted by molar-refractivity contribution is -0.132. The Balaban J connectivity index is 1.85. The molecule has 0 spiro atoms. The van der Waals surface area contributed by atoms with Crippen LogP contribution in [-0.4, -0.2) is 86.8 Å². The van der Waals surface area contributed by atoms with Gasteiger partial charge in [0, 0.05) is 45.3 Å². The van der Waals surface area contributed by atoms with Crippen LogP contribution in [0.2, 0.25) is 0 Å². The van der Waals surface area contributed by atoms with Gasteiger partial charge in [0.2, 0.25) is 15.9 Å². The number of nitrogens with zero attached hydrogens (tertiary/aromatic N) is 3. The number of hydrogen-bond acceptors (Lipinski definition) is 5. The second-order valence-corrected chi connectivity index (χ2v) is 11.0. The third-order valence-corrected chi connectivity index (χ3v) is 8.71. The highest BCUT2D eigenvalue weighted by atomic mass is 32.2. The molecular formula is C23H38N4O3S. The van der Waals surface area contributed by atoms with Crippen molar-refractivity contribution in [2.75, 3.05) is 52.4 Å². The van der Waals surface area contributed by atoms with Gasteiger partial charge in [-0.05, 0) is 58.2 Å². The summed E-state index contributed by atoms with van der Waals surface area (Å²) in [5.41, 5.74) is 2.52. The van der Waals surface area contributed by atoms with Crippen molar-refractivity contribution >= 4 is 15.9 Å². The minimum atomic E-state index is -3.79. The summed E-state index contributed by atoms with van der Waals surface area (Å²) in [6.45, 7) is 12.5. The lowest BCUT2D eigenvalue weighted by atomic mass is 10.0. The molecule has 8 heteroatoms. The number of piperazine rings is 1. The lowest BCUT2D eigenvalue weighted by Crippen LogP contribution is -2.51. The summed E-state index contributed by atoms with van der Waals surface area (Å²) in [6.07, 6.45) is 3.51. The van der Waals surface area contributed by atoms with Crippen LogP contribution in [0.5, 0.6) is 0 Å². The van der Waals surface area contributed by atoms with Gasteiger partial charge in [-0.1, -0.05) is 24.1 Å². The fourth-order valence-corrected chi connectivity index (χ4v) is 6.67. The molecule has 2 saturated heterocycles. The zero-order valence-corrected chi connectivity index (χ0v) is 20.3. The summed E-state index contributed by atoms with van der Waals surface area (Å²) >= 11 is 0. The lowest BCUT2D eigenvalue weighted by Gasteiger charge is -2.35. The maximum atomic E-state index is 13.8. The van der Waals surface area contributed by atoms with Crippen molar-refractivity contribution in [1.82, 2.24) is 19.4 Å². The fraction of sp³-hybridized carbons (Fsp3) is 0.696. The molecule has 2 aliphatic rings. The summed E-state index contributed by atoms with van der Waals surface area (Å²) < 4.78 is 29.0. The summed E-state index contributed by atoms with van der Waals surface area (Å²) in [6, 6.07) is 4.26. The van der Waals surface area contributed by atoms with Crippen molar-refractivity contribution in [3.8, 4) is 0 Å². The van der Waals surface area contributed by atoms with Crippen LogP contribution in [0.25, 0.3) is 0 Å². The maximum Gasteiger partial charge on any atom is 0.244 e. The van der Waals surface area contributed by atoms with E-state index in [2.05, 4.69) is 17.1 Å². The molecule has 2 aliphatic heterocycles. The van der Waals surface area contributed by atoms with E-state index in [-0.39, 0.29) is 12.5 Å². The van der Waals surface area contributed by atoms with Gasteiger partial charge in [-0.3, -0.25) is 9.69 Å². The van der Waals surface area contributed by atoms with Crippen molar-refractivity contribution in [3.63, 3.8) is 0 Å². The second-order valence-electron chi connectivity index (χ2n) is 9.08. The number of carbonyl (C=O) groups is 1. The second kappa shape index (κ2) is 10.4. The normalized spacial score (nSPS) is 20.9. The van der Waals surface area contributed by atoms with Gasteiger partial charge in [-0.2, -0.15) is 4.31 Å². The van der Waals surface area contributed by atoms with Crippen molar-refractivity contribution in [1.29, 1.82) is 0 Å². The predicted molar refractivity (Wildman–Crippen MR) is 124 cm³/mol. The minimum absolute atomic E-state index is 0.0999. The molecule has 1 atom stereocenters. The number of aryl methyl sites for hydroxylation is 3. The molecule has 0 radical (unpaired) electrons. The number of benzene rings is 1. The van der Waals surface area contributed by atoms with E-state index in [1.165, 1.54) is 10.7 Å². The topological polar surface area (TPSA) is 73.0 Å². The zero-order chi connectivity index (χ0) is 22.6. The third kappa shape index (κ3) is 5.86. The Morgan fingerprint density at radius 3 is 2.35 bits per heavy atom. The van der Waals surface area contributed by atoms with Crippen molar-refractivity contribution < 1.29 is 13.2 Å². The molecule has 2 heterocycles. The largest absolute Gasteiger partial charge is 0.339 e. The molecule has 1 aromatic carbocycles. The standard InChI is InChI=1S/C23H38N4O3S/c1-18-15-19(2)23(20(3)16-18)31(29,30)27(14-13-25-10-6-5-7-21(25)4)17-22(28)26-11-8-24-9-12-26/h15-16,21,24H,5-14,17H2,1-4H3/t21-/m0/s1. The van der Waals surface area contributed by atoms with Crippen molar-refractivity contribution in [3.05, 3.63) is 28.8 Å². The van der Waals surface area contributed by atoms with Crippen LogP contribution in [-0.2, 0) is 14.8 Å². The Kier molecular flexibility index (Phi) is 8.13. The van der Waals surface area contributed by atoms with Gasteiger partial charge in [0.15, 0.2) is 0 Å². The molecule has 1 N–H and O–H groups in total. The van der Waals surface area contributed by atoms with E-state index in [0.717, 1.165) is 49.2 Å². The molecule has 0 aromatic heterocycles. The average molecular weight is 451 g/mol. The van der Waals surface area contributed by atoms with E-state index in [1.807, 2.05) is 32.9 Å². The summed E-state index contributed by atoms with van der Waals surface area (Å²) in [4.78, 5) is 17.5. The molecule has 31 heavy (non-hydrogen) atoms. The molecule has 1 aromatic rings. The van der Waals surface area contributed by atoms with Crippen LogP contribution >= 0.6 is 0 Å². The Morgan fingerprint density at radius 2 is 1.74 bits per heavy atom. The Morgan fingerprint density at radius 1 is 1.10 bits per heavy atom. The summed E-state index contributed by atoms with van der Waals surface area (Å²) in [5, 5.41) is 3.24. The first-order valence-electron chi connectivity index (χ1n) is 11.5. The highest BCUT2D eigenvalue weighted by Gasteiger charge is 2.32. The first-order valence-corrected chi connectivity index (χ1v) is 12.9. The number of likely N-dealkylation sites (tertiary alicyclic amines) is 1. The van der Waals surface area contributed by atoms with Crippen LogP contribution in [0, 0.1) is 20.8 Å². The molecular weight excluding hydrogens is 412 g/mol. The van der Waals surface area contributed by atoms with Gasteiger partial charge in [-0.15, -0.1) is 0 Å². The summed E-state index contributed by atoms with van der Waals surface area (Å²) in [5.74, 6) is -0.112. The molecule has 7 nitrogen and oxygen atoms in total. The molecule has 0 bridgehead atoms. The first-order chi connectivity index (χ1) is 14.7. The summed E-state index contributed by atoms with van der Waals surface area (Å²) in [7, 11) is -3.79. The van der Waals surface area contributed by atoms with E-state index in [0.29, 0.717) is 37.1 Å². The van der Waals surface area contributed by atoms with Crippen LogP contribution in [0.1, 0.15) is 42.9 Å². The maximum absolute atomic E-state index is 13.8. The van der Waals surface area contributed by atoms with Gasteiger partial charge >= 0.3 is 0 Å². The molecule has 2 fully saturated rings. The van der Waals surface area contributed by atoms with Crippen LogP contribution in [0.3, 0.4) is 0 Å². The molecule has 1 amide bonds. The van der Waals surface area contributed by atoms with Crippen LogP contribution in [0.15, 0.2) is 17.0 Å². The molecule has 0 saturated carbocycles. The van der Waals surface area contributed by atoms with E-state index in [4.69, 9.17) is 0 Å². The van der Waals surface area contributed by atoms with Gasteiger partial charge < -0.3 is 10.2 Å². The Bertz CT molecular complexity index is 858. The number of piperidine rings is 1. The zero-order valence-electron chi connectivity index (χ0n) is 19.5. The van der Waals surface area contributed by atoms with Gasteiger partial charge in [0.1, 0.15) is 0 Å². The Labute approximate surface area is 187 Å². The van der Waals surface area contributed by atoms with E-state index < -0.39 is 10.0 Å². The molecule has 0 aliphatic carbocycles. The molecule has 3 rings (SSSR count). The Hall–Kier alpha value is -1.48. The van der Waals surface area contributed by atoms with Gasteiger partial charge in [0.25, 0.3) is 0 Å². The number of nitrogens with one attached hydrogen (secondary N) is 1. The third-order valence-electron chi connectivity index (χ3n) is 6.56. The smallest absolute Gasteiger partial charge is 0.244 e. The van der Waals surface area contributed by atoms with Gasteiger partial charge in [-0.25, -0.2) is 8.42 Å². The van der Waals surface area contributed by atoms with E-state index in [9.17, 15) is 13.2 Å². The fourth-order valence-electron chi connectivity index (χ4n) is 4.88. The SMILES string of the molecule is Cc1cc(C)c(S(=O)(=O)N(CCN2CCCC[C@@H]2C)CC(=O)N2CCNCC2)c(C)c1. The van der Waals surface area contributed by atoms with E-state index in [1.54, 1.807) is 4.90 Å². The number of rotatable bonds is 7. The molecule has 174 valence electrons. The highest BCUT2D eigenvalue weighted by Crippen LogP contribution is 2.26. The predicted octanol–water partition coefficient (Wildman–Crippen LogP) is 1.91. The number of sulfonamides is 1. The van der Waals surface area contributed by atoms with Crippen molar-refractivity contribution in [2.45, 2.75) is 57.9 Å². The van der Waals surface area contributed by atoms with Crippen LogP contribution in [0.4, 0.5) is 0 Å². The highest BCUT2D eigenvalue weighted by molar-refractivity contribution is 7.89. The number of amides is 1. The molecule has 0 unspecified atom stereocenters. The average Bonchev–Trinajstić information content (AvgIpc) is 2.71. The quantitative estimate of drug-likeness (QED) is 0.687. The minimum Gasteiger partial charge on any atom is -0.339 e. The van der Waals surface area contributed by atoms with Gasteiger partial charge in [0.05, 0.1) is 11.4 Å².